The summed E-state index contributed by atoms with van der Waals surface area (Å²) in [4.78, 5) is 28.0. The number of amides is 1. The molecule has 5 nitrogen and oxygen atoms in total. The summed E-state index contributed by atoms with van der Waals surface area (Å²) < 4.78 is 5.74. The maximum Gasteiger partial charge on any atom is 0.340 e. The molecule has 0 saturated carbocycles. The molecule has 0 aliphatic rings. The van der Waals surface area contributed by atoms with E-state index < -0.39 is 5.97 Å². The number of halogens is 1. The Labute approximate surface area is 130 Å². The van der Waals surface area contributed by atoms with Gasteiger partial charge in [0, 0.05) is 10.7 Å². The Bertz CT molecular complexity index is 656. The number of rotatable bonds is 4. The van der Waals surface area contributed by atoms with Crippen LogP contribution in [0.3, 0.4) is 0 Å². The van der Waals surface area contributed by atoms with Crippen molar-refractivity contribution in [2.45, 2.75) is 6.92 Å². The number of carbonyl (C=O) groups excluding carboxylic acids is 2. The van der Waals surface area contributed by atoms with Crippen LogP contribution in [-0.2, 0) is 4.74 Å². The van der Waals surface area contributed by atoms with Crippen LogP contribution < -0.4 is 5.32 Å². The van der Waals surface area contributed by atoms with E-state index in [4.69, 9.17) is 4.74 Å². The first kappa shape index (κ1) is 15.2. The number of esters is 1. The number of pyridine rings is 1. The summed E-state index contributed by atoms with van der Waals surface area (Å²) in [7, 11) is 0. The Hall–Kier alpha value is -2.21. The minimum Gasteiger partial charge on any atom is -0.462 e. The molecule has 0 aliphatic heterocycles. The molecule has 2 rings (SSSR count). The summed E-state index contributed by atoms with van der Waals surface area (Å²) in [6.45, 7) is 2.00. The monoisotopic (exact) mass is 348 g/mol. The van der Waals surface area contributed by atoms with Gasteiger partial charge < -0.3 is 10.1 Å². The molecule has 1 aromatic heterocycles. The predicted molar refractivity (Wildman–Crippen MR) is 82.3 cm³/mol. The largest absolute Gasteiger partial charge is 0.462 e. The Morgan fingerprint density at radius 2 is 2.00 bits per heavy atom. The third kappa shape index (κ3) is 3.88. The van der Waals surface area contributed by atoms with Gasteiger partial charge in [-0.1, -0.05) is 12.1 Å². The molecule has 0 aliphatic carbocycles. The van der Waals surface area contributed by atoms with Gasteiger partial charge in [0.05, 0.1) is 17.9 Å². The number of anilines is 1. The van der Waals surface area contributed by atoms with E-state index in [0.29, 0.717) is 11.3 Å². The highest BCUT2D eigenvalue weighted by Crippen LogP contribution is 2.17. The molecule has 6 heteroatoms. The quantitative estimate of drug-likeness (QED) is 0.861. The van der Waals surface area contributed by atoms with E-state index in [0.717, 1.165) is 4.47 Å². The summed E-state index contributed by atoms with van der Waals surface area (Å²) in [5, 5.41) is 2.67. The van der Waals surface area contributed by atoms with Gasteiger partial charge >= 0.3 is 5.97 Å². The minimum atomic E-state index is -0.475. The highest BCUT2D eigenvalue weighted by Gasteiger charge is 2.15. The zero-order valence-electron chi connectivity index (χ0n) is 11.3. The second-order valence-corrected chi connectivity index (χ2v) is 5.00. The average Bonchev–Trinajstić information content (AvgIpc) is 2.48. The van der Waals surface area contributed by atoms with Crippen LogP contribution in [0.4, 0.5) is 5.69 Å². The standard InChI is InChI=1S/C15H13BrN2O3/c1-2-21-15(20)11-5-3-4-6-12(11)18-14(19)13-8-7-10(16)9-17-13/h3-9H,2H2,1H3,(H,18,19). The molecule has 2 aromatic rings. The van der Waals surface area contributed by atoms with Gasteiger partial charge in [0.25, 0.3) is 5.91 Å². The van der Waals surface area contributed by atoms with Gasteiger partial charge in [0.2, 0.25) is 0 Å². The van der Waals surface area contributed by atoms with Crippen LogP contribution >= 0.6 is 15.9 Å². The molecule has 0 radical (unpaired) electrons. The van der Waals surface area contributed by atoms with E-state index in [1.807, 2.05) is 0 Å². The van der Waals surface area contributed by atoms with E-state index in [2.05, 4.69) is 26.2 Å². The fourth-order valence-corrected chi connectivity index (χ4v) is 1.91. The van der Waals surface area contributed by atoms with Gasteiger partial charge in [-0.15, -0.1) is 0 Å². The van der Waals surface area contributed by atoms with Crippen molar-refractivity contribution in [3.05, 3.63) is 58.3 Å². The van der Waals surface area contributed by atoms with E-state index in [9.17, 15) is 9.59 Å². The van der Waals surface area contributed by atoms with Crippen LogP contribution in [-0.4, -0.2) is 23.5 Å². The van der Waals surface area contributed by atoms with E-state index in [1.165, 1.54) is 6.20 Å². The molecule has 108 valence electrons. The normalized spacial score (nSPS) is 10.0. The second kappa shape index (κ2) is 6.99. The molecule has 1 N–H and O–H groups in total. The van der Waals surface area contributed by atoms with Gasteiger partial charge in [0.1, 0.15) is 5.69 Å². The van der Waals surface area contributed by atoms with Crippen molar-refractivity contribution in [1.82, 2.24) is 4.98 Å². The molecule has 1 amide bonds. The summed E-state index contributed by atoms with van der Waals surface area (Å²) in [6, 6.07) is 9.99. The van der Waals surface area contributed by atoms with Gasteiger partial charge in [-0.25, -0.2) is 9.78 Å². The highest BCUT2D eigenvalue weighted by atomic mass is 79.9. The first-order valence-corrected chi connectivity index (χ1v) is 7.10. The molecule has 0 atom stereocenters. The van der Waals surface area contributed by atoms with Gasteiger partial charge in [-0.3, -0.25) is 4.79 Å². The number of ether oxygens (including phenoxy) is 1. The first-order valence-electron chi connectivity index (χ1n) is 6.31. The summed E-state index contributed by atoms with van der Waals surface area (Å²) in [5.74, 6) is -0.864. The number of nitrogens with zero attached hydrogens (tertiary/aromatic N) is 1. The smallest absolute Gasteiger partial charge is 0.340 e. The average molecular weight is 349 g/mol. The van der Waals surface area contributed by atoms with Crippen LogP contribution in [0.5, 0.6) is 0 Å². The molecular weight excluding hydrogens is 336 g/mol. The maximum atomic E-state index is 12.1. The van der Waals surface area contributed by atoms with Gasteiger partial charge in [0.15, 0.2) is 0 Å². The van der Waals surface area contributed by atoms with E-state index in [1.54, 1.807) is 43.3 Å². The first-order chi connectivity index (χ1) is 10.1. The lowest BCUT2D eigenvalue weighted by Crippen LogP contribution is -2.16. The lowest BCUT2D eigenvalue weighted by atomic mass is 10.1. The van der Waals surface area contributed by atoms with Crippen molar-refractivity contribution in [2.24, 2.45) is 0 Å². The molecule has 1 heterocycles. The minimum absolute atomic E-state index is 0.261. The fourth-order valence-electron chi connectivity index (χ4n) is 1.68. The van der Waals surface area contributed by atoms with Crippen LogP contribution in [0, 0.1) is 0 Å². The molecule has 0 fully saturated rings. The van der Waals surface area contributed by atoms with Crippen molar-refractivity contribution >= 4 is 33.5 Å². The molecule has 0 unspecified atom stereocenters. The van der Waals surface area contributed by atoms with Crippen LogP contribution in [0.1, 0.15) is 27.8 Å². The number of carbonyl (C=O) groups is 2. The van der Waals surface area contributed by atoms with Crippen molar-refractivity contribution < 1.29 is 14.3 Å². The topological polar surface area (TPSA) is 68.3 Å². The molecular formula is C15H13BrN2O3. The third-order valence-electron chi connectivity index (χ3n) is 2.63. The zero-order valence-corrected chi connectivity index (χ0v) is 12.9. The van der Waals surface area contributed by atoms with Crippen molar-refractivity contribution in [1.29, 1.82) is 0 Å². The summed E-state index contributed by atoms with van der Waals surface area (Å²) in [5.41, 5.74) is 0.965. The Morgan fingerprint density at radius 1 is 1.24 bits per heavy atom. The Balaban J connectivity index is 2.21. The van der Waals surface area contributed by atoms with E-state index >= 15 is 0 Å². The van der Waals surface area contributed by atoms with Crippen molar-refractivity contribution in [3.63, 3.8) is 0 Å². The zero-order chi connectivity index (χ0) is 15.2. The van der Waals surface area contributed by atoms with Crippen molar-refractivity contribution in [3.8, 4) is 0 Å². The SMILES string of the molecule is CCOC(=O)c1ccccc1NC(=O)c1ccc(Br)cn1. The van der Waals surface area contributed by atoms with Gasteiger partial charge in [-0.05, 0) is 47.1 Å². The summed E-state index contributed by atoms with van der Waals surface area (Å²) in [6.07, 6.45) is 1.53. The van der Waals surface area contributed by atoms with Crippen LogP contribution in [0.2, 0.25) is 0 Å². The number of hydrogen-bond donors (Lipinski definition) is 1. The number of nitrogens with one attached hydrogen (secondary N) is 1. The Morgan fingerprint density at radius 3 is 2.67 bits per heavy atom. The predicted octanol–water partition coefficient (Wildman–Crippen LogP) is 3.27. The lowest BCUT2D eigenvalue weighted by molar-refractivity contribution is 0.0527. The van der Waals surface area contributed by atoms with Crippen LogP contribution in [0.15, 0.2) is 47.1 Å². The highest BCUT2D eigenvalue weighted by molar-refractivity contribution is 9.10. The molecule has 0 bridgehead atoms. The number of benzene rings is 1. The second-order valence-electron chi connectivity index (χ2n) is 4.08. The number of para-hydroxylation sites is 1. The molecule has 0 spiro atoms. The van der Waals surface area contributed by atoms with Gasteiger partial charge in [-0.2, -0.15) is 0 Å². The van der Waals surface area contributed by atoms with Crippen molar-refractivity contribution in [2.75, 3.05) is 11.9 Å². The lowest BCUT2D eigenvalue weighted by Gasteiger charge is -2.10. The Kier molecular flexibility index (Phi) is 5.05. The maximum absolute atomic E-state index is 12.1. The number of aromatic nitrogens is 1. The summed E-state index contributed by atoms with van der Waals surface area (Å²) >= 11 is 3.25. The molecule has 0 saturated heterocycles. The molecule has 21 heavy (non-hydrogen) atoms. The van der Waals surface area contributed by atoms with Crippen LogP contribution in [0.25, 0.3) is 0 Å². The fraction of sp³-hybridized carbons (Fsp3) is 0.133. The molecule has 1 aromatic carbocycles. The van der Waals surface area contributed by atoms with E-state index in [-0.39, 0.29) is 18.2 Å². The third-order valence-corrected chi connectivity index (χ3v) is 3.10. The number of hydrogen-bond acceptors (Lipinski definition) is 4.